The fraction of sp³-hybridized carbons (Fsp3) is 0.600. The van der Waals surface area contributed by atoms with Gasteiger partial charge < -0.3 is 10.1 Å². The molecule has 6 heteroatoms. The van der Waals surface area contributed by atoms with Crippen LogP contribution in [0.5, 0.6) is 5.88 Å². The monoisotopic (exact) mass is 351 g/mol. The molecule has 1 rings (SSSR count). The zero-order chi connectivity index (χ0) is 12.0. The Balaban J connectivity index is 2.48. The fourth-order valence-corrected chi connectivity index (χ4v) is 1.71. The molecule has 0 radical (unpaired) electrons. The molecule has 1 N–H and O–H groups in total. The molecule has 4 nitrogen and oxygen atoms in total. The summed E-state index contributed by atoms with van der Waals surface area (Å²) in [5.41, 5.74) is 0. The standard InChI is InChI=1S/C10H15Br2N3O/c1-3-7(11)4-5-13-10-14-6-8(12)9(15-10)16-2/h6-7H,3-5H2,1-2H3,(H,13,14,15). The van der Waals surface area contributed by atoms with E-state index in [2.05, 4.69) is 54.1 Å². The molecule has 0 aliphatic carbocycles. The van der Waals surface area contributed by atoms with Gasteiger partial charge in [-0.1, -0.05) is 22.9 Å². The Hall–Kier alpha value is -0.360. The van der Waals surface area contributed by atoms with Crippen LogP contribution in [0.1, 0.15) is 19.8 Å². The first kappa shape index (κ1) is 13.7. The topological polar surface area (TPSA) is 47.0 Å². The average Bonchev–Trinajstić information content (AvgIpc) is 2.31. The number of methoxy groups -OCH3 is 1. The molecule has 0 saturated carbocycles. The molecule has 0 aliphatic rings. The van der Waals surface area contributed by atoms with Gasteiger partial charge >= 0.3 is 0 Å². The van der Waals surface area contributed by atoms with Crippen LogP contribution < -0.4 is 10.1 Å². The van der Waals surface area contributed by atoms with E-state index in [1.807, 2.05) is 0 Å². The van der Waals surface area contributed by atoms with E-state index in [0.717, 1.165) is 23.9 Å². The van der Waals surface area contributed by atoms with Gasteiger partial charge in [-0.05, 0) is 28.8 Å². The van der Waals surface area contributed by atoms with Crippen LogP contribution >= 0.6 is 31.9 Å². The van der Waals surface area contributed by atoms with Crippen molar-refractivity contribution in [2.24, 2.45) is 0 Å². The van der Waals surface area contributed by atoms with E-state index < -0.39 is 0 Å². The lowest BCUT2D eigenvalue weighted by Crippen LogP contribution is -2.10. The van der Waals surface area contributed by atoms with Crippen molar-refractivity contribution in [2.45, 2.75) is 24.6 Å². The van der Waals surface area contributed by atoms with Crippen molar-refractivity contribution in [1.29, 1.82) is 0 Å². The lowest BCUT2D eigenvalue weighted by molar-refractivity contribution is 0.394. The van der Waals surface area contributed by atoms with Gasteiger partial charge in [-0.3, -0.25) is 0 Å². The molecule has 0 spiro atoms. The molecule has 1 heterocycles. The molecular formula is C10H15Br2N3O. The Morgan fingerprint density at radius 3 is 2.94 bits per heavy atom. The molecular weight excluding hydrogens is 338 g/mol. The van der Waals surface area contributed by atoms with Crippen LogP contribution in [0.25, 0.3) is 0 Å². The highest BCUT2D eigenvalue weighted by molar-refractivity contribution is 9.10. The van der Waals surface area contributed by atoms with Crippen molar-refractivity contribution in [3.8, 4) is 5.88 Å². The minimum atomic E-state index is 0.539. The summed E-state index contributed by atoms with van der Waals surface area (Å²) in [7, 11) is 1.59. The van der Waals surface area contributed by atoms with Crippen LogP contribution in [-0.4, -0.2) is 28.4 Å². The summed E-state index contributed by atoms with van der Waals surface area (Å²) in [6.07, 6.45) is 3.84. The summed E-state index contributed by atoms with van der Waals surface area (Å²) < 4.78 is 5.84. The van der Waals surface area contributed by atoms with Crippen LogP contribution in [0.2, 0.25) is 0 Å². The second-order valence-electron chi connectivity index (χ2n) is 3.27. The molecule has 0 fully saturated rings. The van der Waals surface area contributed by atoms with Crippen LogP contribution in [0.4, 0.5) is 5.95 Å². The summed E-state index contributed by atoms with van der Waals surface area (Å²) in [4.78, 5) is 8.89. The number of anilines is 1. The third kappa shape index (κ3) is 4.25. The zero-order valence-corrected chi connectivity index (χ0v) is 12.5. The van der Waals surface area contributed by atoms with Gasteiger partial charge in [0.05, 0.1) is 17.8 Å². The van der Waals surface area contributed by atoms with E-state index in [9.17, 15) is 0 Å². The van der Waals surface area contributed by atoms with E-state index in [1.54, 1.807) is 13.3 Å². The Labute approximate surface area is 112 Å². The molecule has 16 heavy (non-hydrogen) atoms. The third-order valence-electron chi connectivity index (χ3n) is 2.09. The minimum absolute atomic E-state index is 0.539. The summed E-state index contributed by atoms with van der Waals surface area (Å²) in [5.74, 6) is 1.14. The second kappa shape index (κ2) is 7.06. The number of nitrogens with zero attached hydrogens (tertiary/aromatic N) is 2. The smallest absolute Gasteiger partial charge is 0.232 e. The number of ether oxygens (including phenoxy) is 1. The highest BCUT2D eigenvalue weighted by atomic mass is 79.9. The maximum Gasteiger partial charge on any atom is 0.232 e. The van der Waals surface area contributed by atoms with Gasteiger partial charge in [0, 0.05) is 11.4 Å². The Bertz CT molecular complexity index is 336. The summed E-state index contributed by atoms with van der Waals surface area (Å²) in [5, 5.41) is 3.16. The molecule has 0 aromatic carbocycles. The molecule has 0 amide bonds. The Morgan fingerprint density at radius 2 is 2.31 bits per heavy atom. The van der Waals surface area contributed by atoms with Crippen LogP contribution in [0, 0.1) is 0 Å². The predicted octanol–water partition coefficient (Wildman–Crippen LogP) is 3.22. The van der Waals surface area contributed by atoms with Crippen LogP contribution in [0.15, 0.2) is 10.7 Å². The number of halogens is 2. The van der Waals surface area contributed by atoms with Gasteiger partial charge in [-0.2, -0.15) is 4.98 Å². The number of alkyl halides is 1. The summed E-state index contributed by atoms with van der Waals surface area (Å²) in [6.45, 7) is 2.99. The summed E-state index contributed by atoms with van der Waals surface area (Å²) >= 11 is 6.89. The van der Waals surface area contributed by atoms with E-state index in [1.165, 1.54) is 0 Å². The lowest BCUT2D eigenvalue weighted by atomic mass is 10.2. The SMILES string of the molecule is CCC(Br)CCNc1ncc(Br)c(OC)n1. The second-order valence-corrected chi connectivity index (χ2v) is 5.42. The van der Waals surface area contributed by atoms with E-state index in [4.69, 9.17) is 4.74 Å². The van der Waals surface area contributed by atoms with Crippen LogP contribution in [0.3, 0.4) is 0 Å². The number of hydrogen-bond donors (Lipinski definition) is 1. The molecule has 1 aromatic heterocycles. The number of rotatable bonds is 6. The Morgan fingerprint density at radius 1 is 1.56 bits per heavy atom. The first-order valence-electron chi connectivity index (χ1n) is 5.11. The average molecular weight is 353 g/mol. The lowest BCUT2D eigenvalue weighted by Gasteiger charge is -2.09. The molecule has 0 saturated heterocycles. The molecule has 1 unspecified atom stereocenters. The zero-order valence-electron chi connectivity index (χ0n) is 9.33. The highest BCUT2D eigenvalue weighted by Crippen LogP contribution is 2.21. The number of nitrogens with one attached hydrogen (secondary N) is 1. The van der Waals surface area contributed by atoms with Crippen molar-refractivity contribution in [1.82, 2.24) is 9.97 Å². The van der Waals surface area contributed by atoms with Crippen molar-refractivity contribution in [2.75, 3.05) is 19.0 Å². The van der Waals surface area contributed by atoms with E-state index >= 15 is 0 Å². The number of hydrogen-bond acceptors (Lipinski definition) is 4. The molecule has 1 atom stereocenters. The molecule has 0 bridgehead atoms. The third-order valence-corrected chi connectivity index (χ3v) is 3.74. The van der Waals surface area contributed by atoms with Gasteiger partial charge in [0.25, 0.3) is 0 Å². The fourth-order valence-electron chi connectivity index (χ4n) is 1.12. The first-order valence-corrected chi connectivity index (χ1v) is 6.82. The number of aromatic nitrogens is 2. The molecule has 0 aliphatic heterocycles. The first-order chi connectivity index (χ1) is 7.67. The van der Waals surface area contributed by atoms with E-state index in [-0.39, 0.29) is 0 Å². The molecule has 90 valence electrons. The maximum atomic E-state index is 5.09. The quantitative estimate of drug-likeness (QED) is 0.798. The van der Waals surface area contributed by atoms with Gasteiger partial charge in [0.1, 0.15) is 0 Å². The maximum absolute atomic E-state index is 5.09. The van der Waals surface area contributed by atoms with Crippen molar-refractivity contribution < 1.29 is 4.74 Å². The largest absolute Gasteiger partial charge is 0.480 e. The normalized spacial score (nSPS) is 12.2. The molecule has 1 aromatic rings. The van der Waals surface area contributed by atoms with Crippen molar-refractivity contribution >= 4 is 37.8 Å². The Kier molecular flexibility index (Phi) is 6.05. The van der Waals surface area contributed by atoms with Gasteiger partial charge in [0.2, 0.25) is 11.8 Å². The van der Waals surface area contributed by atoms with Crippen molar-refractivity contribution in [3.05, 3.63) is 10.7 Å². The van der Waals surface area contributed by atoms with E-state index in [0.29, 0.717) is 16.7 Å². The van der Waals surface area contributed by atoms with Crippen LogP contribution in [-0.2, 0) is 0 Å². The van der Waals surface area contributed by atoms with Gasteiger partial charge in [-0.15, -0.1) is 0 Å². The minimum Gasteiger partial charge on any atom is -0.480 e. The van der Waals surface area contributed by atoms with Gasteiger partial charge in [0.15, 0.2) is 0 Å². The van der Waals surface area contributed by atoms with Crippen molar-refractivity contribution in [3.63, 3.8) is 0 Å². The summed E-state index contributed by atoms with van der Waals surface area (Å²) in [6, 6.07) is 0. The van der Waals surface area contributed by atoms with Gasteiger partial charge in [-0.25, -0.2) is 4.98 Å². The highest BCUT2D eigenvalue weighted by Gasteiger charge is 2.05. The predicted molar refractivity (Wildman–Crippen MR) is 72.4 cm³/mol.